The van der Waals surface area contributed by atoms with E-state index in [1.807, 2.05) is 0 Å². The molecule has 0 bridgehead atoms. The highest BCUT2D eigenvalue weighted by Gasteiger charge is 2.40. The number of morpholine rings is 1. The van der Waals surface area contributed by atoms with Crippen LogP contribution in [0.1, 0.15) is 26.8 Å². The summed E-state index contributed by atoms with van der Waals surface area (Å²) in [6.45, 7) is 2.26. The maximum Gasteiger partial charge on any atom is 0.283 e. The van der Waals surface area contributed by atoms with Crippen LogP contribution in [0.3, 0.4) is 0 Å². The maximum atomic E-state index is 13.7. The van der Waals surface area contributed by atoms with Gasteiger partial charge in [0.15, 0.2) is 5.01 Å². The van der Waals surface area contributed by atoms with Crippen LogP contribution in [0.2, 0.25) is 5.02 Å². The predicted octanol–water partition coefficient (Wildman–Crippen LogP) is 1.95. The van der Waals surface area contributed by atoms with Gasteiger partial charge in [0.25, 0.3) is 15.9 Å². The first kappa shape index (κ1) is 27.5. The molecule has 15 heteroatoms. The van der Waals surface area contributed by atoms with Gasteiger partial charge in [0.05, 0.1) is 37.9 Å². The predicted molar refractivity (Wildman–Crippen MR) is 150 cm³/mol. The molecular formula is C25H26ClN5O6S3. The maximum absolute atomic E-state index is 13.7. The average molecular weight is 624 g/mol. The van der Waals surface area contributed by atoms with Gasteiger partial charge < -0.3 is 19.9 Å². The van der Waals surface area contributed by atoms with Crippen LogP contribution in [0, 0.1) is 0 Å². The number of sulfonamides is 1. The van der Waals surface area contributed by atoms with Crippen molar-refractivity contribution < 1.29 is 27.5 Å². The monoisotopic (exact) mass is 623 g/mol. The smallest absolute Gasteiger partial charge is 0.283 e. The molecule has 1 unspecified atom stereocenters. The number of nitrogens with zero attached hydrogens (tertiary/aromatic N) is 4. The van der Waals surface area contributed by atoms with Gasteiger partial charge >= 0.3 is 0 Å². The minimum absolute atomic E-state index is 0.0229. The molecule has 40 heavy (non-hydrogen) atoms. The Morgan fingerprint density at radius 1 is 1.12 bits per heavy atom. The molecule has 1 aromatic carbocycles. The minimum Gasteiger partial charge on any atom is -0.378 e. The summed E-state index contributed by atoms with van der Waals surface area (Å²) in [7, 11) is -3.89. The van der Waals surface area contributed by atoms with E-state index in [1.165, 1.54) is 15.6 Å². The zero-order valence-electron chi connectivity index (χ0n) is 21.3. The van der Waals surface area contributed by atoms with Gasteiger partial charge in [0.1, 0.15) is 4.21 Å². The summed E-state index contributed by atoms with van der Waals surface area (Å²) in [5.41, 5.74) is 0.587. The molecule has 6 rings (SSSR count). The van der Waals surface area contributed by atoms with Gasteiger partial charge in [-0.05, 0) is 23.6 Å². The summed E-state index contributed by atoms with van der Waals surface area (Å²) in [5, 5.41) is 4.30. The highest BCUT2D eigenvalue weighted by Crippen LogP contribution is 2.34. The van der Waals surface area contributed by atoms with Crippen LogP contribution in [0.5, 0.6) is 0 Å². The van der Waals surface area contributed by atoms with Crippen molar-refractivity contribution in [1.82, 2.24) is 24.4 Å². The second kappa shape index (κ2) is 11.0. The Hall–Kier alpha value is -2.62. The second-order valence-electron chi connectivity index (χ2n) is 9.80. The summed E-state index contributed by atoms with van der Waals surface area (Å²) in [4.78, 5) is 47.2. The number of nitrogens with one attached hydrogen (secondary N) is 1. The molecule has 1 N–H and O–H groups in total. The number of aromatic nitrogens is 1. The Balaban J connectivity index is 1.27. The molecule has 3 amide bonds. The third-order valence-corrected chi connectivity index (χ3v) is 12.0. The number of piperazine rings is 1. The number of benzene rings is 1. The Labute approximate surface area is 243 Å². The zero-order chi connectivity index (χ0) is 28.0. The number of rotatable bonds is 5. The van der Waals surface area contributed by atoms with E-state index in [-0.39, 0.29) is 59.4 Å². The van der Waals surface area contributed by atoms with Crippen molar-refractivity contribution in [1.29, 1.82) is 0 Å². The summed E-state index contributed by atoms with van der Waals surface area (Å²) in [5.74, 6) is -0.664. The molecule has 0 saturated carbocycles. The SMILES string of the molecule is O=C1Cc2nc(C(=O)N3CCN(S(=O)(=O)c4cc5ccc(Cl)cc5s4)CC3CC(=O)N3CCOCC3)sc2CN1. The highest BCUT2D eigenvalue weighted by atomic mass is 35.5. The van der Waals surface area contributed by atoms with E-state index in [0.717, 1.165) is 26.3 Å². The van der Waals surface area contributed by atoms with Gasteiger partial charge in [-0.3, -0.25) is 14.4 Å². The zero-order valence-corrected chi connectivity index (χ0v) is 24.5. The van der Waals surface area contributed by atoms with E-state index in [9.17, 15) is 22.8 Å². The third-order valence-electron chi connectivity index (χ3n) is 7.27. The van der Waals surface area contributed by atoms with Crippen molar-refractivity contribution in [3.05, 3.63) is 44.9 Å². The number of hydrogen-bond donors (Lipinski definition) is 1. The number of ether oxygens (including phenoxy) is 1. The number of thiophene rings is 1. The molecule has 2 fully saturated rings. The highest BCUT2D eigenvalue weighted by molar-refractivity contribution is 7.91. The number of thiazole rings is 1. The van der Waals surface area contributed by atoms with Crippen LogP contribution < -0.4 is 5.32 Å². The lowest BCUT2D eigenvalue weighted by Crippen LogP contribution is -2.58. The van der Waals surface area contributed by atoms with Crippen molar-refractivity contribution in [3.63, 3.8) is 0 Å². The van der Waals surface area contributed by atoms with Crippen LogP contribution in [-0.2, 0) is 37.3 Å². The molecule has 3 aliphatic rings. The van der Waals surface area contributed by atoms with Crippen molar-refractivity contribution in [2.45, 2.75) is 29.6 Å². The second-order valence-corrected chi connectivity index (χ2v) is 14.6. The molecule has 3 aliphatic heterocycles. The number of halogens is 1. The molecule has 2 saturated heterocycles. The Bertz CT molecular complexity index is 1600. The first-order chi connectivity index (χ1) is 19.2. The van der Waals surface area contributed by atoms with Gasteiger partial charge in [0.2, 0.25) is 11.8 Å². The van der Waals surface area contributed by atoms with Gasteiger partial charge in [-0.15, -0.1) is 22.7 Å². The van der Waals surface area contributed by atoms with E-state index in [2.05, 4.69) is 10.3 Å². The molecule has 3 aromatic rings. The summed E-state index contributed by atoms with van der Waals surface area (Å²) < 4.78 is 35.1. The molecule has 212 valence electrons. The van der Waals surface area contributed by atoms with E-state index < -0.39 is 16.1 Å². The van der Waals surface area contributed by atoms with Crippen molar-refractivity contribution in [2.24, 2.45) is 0 Å². The van der Waals surface area contributed by atoms with E-state index >= 15 is 0 Å². The fourth-order valence-corrected chi connectivity index (χ4v) is 9.40. The molecule has 2 aromatic heterocycles. The quantitative estimate of drug-likeness (QED) is 0.460. The van der Waals surface area contributed by atoms with Crippen molar-refractivity contribution in [2.75, 3.05) is 45.9 Å². The van der Waals surface area contributed by atoms with Crippen molar-refractivity contribution in [3.8, 4) is 0 Å². The summed E-state index contributed by atoms with van der Waals surface area (Å²) in [6, 6.07) is 6.18. The van der Waals surface area contributed by atoms with Gasteiger partial charge in [-0.2, -0.15) is 4.31 Å². The molecule has 5 heterocycles. The van der Waals surface area contributed by atoms with Gasteiger partial charge in [-0.25, -0.2) is 13.4 Å². The first-order valence-corrected chi connectivity index (χ1v) is 16.2. The number of carbonyl (C=O) groups is 3. The third kappa shape index (κ3) is 5.35. The van der Waals surface area contributed by atoms with E-state index in [0.29, 0.717) is 43.6 Å². The van der Waals surface area contributed by atoms with Crippen LogP contribution in [0.15, 0.2) is 28.5 Å². The molecule has 0 aliphatic carbocycles. The van der Waals surface area contributed by atoms with Crippen molar-refractivity contribution >= 4 is 72.1 Å². The largest absolute Gasteiger partial charge is 0.378 e. The van der Waals surface area contributed by atoms with Crippen LogP contribution in [-0.4, -0.2) is 97.2 Å². The Morgan fingerprint density at radius 2 is 1.93 bits per heavy atom. The molecule has 0 radical (unpaired) electrons. The molecular weight excluding hydrogens is 598 g/mol. The topological polar surface area (TPSA) is 129 Å². The molecule has 0 spiro atoms. The first-order valence-electron chi connectivity index (χ1n) is 12.8. The lowest BCUT2D eigenvalue weighted by Gasteiger charge is -2.41. The number of hydrogen-bond acceptors (Lipinski definition) is 9. The Morgan fingerprint density at radius 3 is 2.73 bits per heavy atom. The normalized spacial score (nSPS) is 20.4. The lowest BCUT2D eigenvalue weighted by molar-refractivity contribution is -0.136. The van der Waals surface area contributed by atoms with Crippen LogP contribution >= 0.6 is 34.3 Å². The number of fused-ring (bicyclic) bond motifs is 2. The standard InChI is InChI=1S/C25H26ClN5O6S3/c26-16-2-1-15-9-23(38-19(15)10-16)40(35,36)30-3-4-31(17(14-30)11-22(33)29-5-7-37-8-6-29)25(34)24-28-18-12-21(32)27-13-20(18)39-24/h1-2,9-10,17H,3-8,11-14H2,(H,27,32). The average Bonchev–Trinajstić information content (AvgIpc) is 3.57. The summed E-state index contributed by atoms with van der Waals surface area (Å²) >= 11 is 8.47. The van der Waals surface area contributed by atoms with E-state index in [1.54, 1.807) is 34.1 Å². The molecule has 11 nitrogen and oxygen atoms in total. The molecule has 1 atom stereocenters. The fraction of sp³-hybridized carbons (Fsp3) is 0.440. The minimum atomic E-state index is -3.89. The van der Waals surface area contributed by atoms with Gasteiger partial charge in [-0.1, -0.05) is 17.7 Å². The fourth-order valence-electron chi connectivity index (χ4n) is 5.13. The Kier molecular flexibility index (Phi) is 7.57. The lowest BCUT2D eigenvalue weighted by atomic mass is 10.1. The number of amides is 3. The van der Waals surface area contributed by atoms with Crippen LogP contribution in [0.25, 0.3) is 10.1 Å². The van der Waals surface area contributed by atoms with Gasteiger partial charge in [0, 0.05) is 53.7 Å². The van der Waals surface area contributed by atoms with E-state index in [4.69, 9.17) is 16.3 Å². The summed E-state index contributed by atoms with van der Waals surface area (Å²) in [6.07, 6.45) is 0.0926. The van der Waals surface area contributed by atoms with Crippen LogP contribution in [0.4, 0.5) is 0 Å². The number of carbonyl (C=O) groups excluding carboxylic acids is 3.